The summed E-state index contributed by atoms with van der Waals surface area (Å²) < 4.78 is 25.3. The smallest absolute Gasteiger partial charge is 0.221 e. The first kappa shape index (κ1) is 17.7. The number of fused-ring (bicyclic) bond motifs is 1. The monoisotopic (exact) mass is 331 g/mol. The molecule has 2 rings (SSSR count). The van der Waals surface area contributed by atoms with Crippen molar-refractivity contribution in [3.63, 3.8) is 0 Å². The molecule has 0 bridgehead atoms. The molecule has 0 radical (unpaired) electrons. The van der Waals surface area contributed by atoms with Crippen molar-refractivity contribution < 1.29 is 13.2 Å². The minimum absolute atomic E-state index is 0.135. The number of carbonyl (C=O) groups is 1. The average molecular weight is 331 g/mol. The van der Waals surface area contributed by atoms with E-state index in [2.05, 4.69) is 10.2 Å². The summed E-state index contributed by atoms with van der Waals surface area (Å²) >= 11 is 0. The van der Waals surface area contributed by atoms with E-state index in [1.807, 2.05) is 0 Å². The van der Waals surface area contributed by atoms with Gasteiger partial charge in [0.05, 0.1) is 6.26 Å². The van der Waals surface area contributed by atoms with Crippen LogP contribution >= 0.6 is 0 Å². The molecule has 0 aromatic heterocycles. The topological polar surface area (TPSA) is 69.7 Å². The van der Waals surface area contributed by atoms with Crippen LogP contribution in [-0.2, 0) is 14.8 Å². The molecule has 2 heterocycles. The third-order valence-corrected chi connectivity index (χ3v) is 5.95. The third-order valence-electron chi connectivity index (χ3n) is 4.65. The van der Waals surface area contributed by atoms with Crippen molar-refractivity contribution in [1.82, 2.24) is 14.5 Å². The first-order chi connectivity index (χ1) is 10.5. The summed E-state index contributed by atoms with van der Waals surface area (Å²) in [5.41, 5.74) is 0. The fourth-order valence-electron chi connectivity index (χ4n) is 3.41. The van der Waals surface area contributed by atoms with Crippen molar-refractivity contribution in [1.29, 1.82) is 0 Å². The van der Waals surface area contributed by atoms with E-state index in [9.17, 15) is 13.2 Å². The maximum Gasteiger partial charge on any atom is 0.221 e. The number of carbonyl (C=O) groups excluding carboxylic acids is 1. The zero-order chi connectivity index (χ0) is 16.0. The van der Waals surface area contributed by atoms with Crippen molar-refractivity contribution in [3.05, 3.63) is 0 Å². The summed E-state index contributed by atoms with van der Waals surface area (Å²) in [4.78, 5) is 14.4. The molecule has 0 aromatic rings. The highest BCUT2D eigenvalue weighted by molar-refractivity contribution is 7.88. The Morgan fingerprint density at radius 2 is 1.68 bits per heavy atom. The van der Waals surface area contributed by atoms with Crippen molar-refractivity contribution in [2.24, 2.45) is 0 Å². The molecule has 0 spiro atoms. The van der Waals surface area contributed by atoms with E-state index < -0.39 is 10.0 Å². The summed E-state index contributed by atoms with van der Waals surface area (Å²) in [6.07, 6.45) is 7.76. The van der Waals surface area contributed by atoms with E-state index in [-0.39, 0.29) is 5.91 Å². The van der Waals surface area contributed by atoms with Gasteiger partial charge in [0.1, 0.15) is 0 Å². The van der Waals surface area contributed by atoms with Gasteiger partial charge >= 0.3 is 0 Å². The molecular weight excluding hydrogens is 302 g/mol. The molecule has 22 heavy (non-hydrogen) atoms. The molecule has 1 unspecified atom stereocenters. The molecule has 2 aliphatic heterocycles. The Hall–Kier alpha value is -0.660. The minimum Gasteiger partial charge on any atom is -0.356 e. The fraction of sp³-hybridized carbons (Fsp3) is 0.933. The molecule has 1 amide bonds. The van der Waals surface area contributed by atoms with Crippen LogP contribution in [-0.4, -0.2) is 68.6 Å². The number of hydrogen-bond donors (Lipinski definition) is 1. The quantitative estimate of drug-likeness (QED) is 0.771. The summed E-state index contributed by atoms with van der Waals surface area (Å²) in [6, 6.07) is 0.321. The minimum atomic E-state index is -3.14. The highest BCUT2D eigenvalue weighted by Gasteiger charge is 2.25. The van der Waals surface area contributed by atoms with E-state index in [1.165, 1.54) is 19.1 Å². The van der Waals surface area contributed by atoms with Crippen molar-refractivity contribution >= 4 is 15.9 Å². The van der Waals surface area contributed by atoms with Crippen LogP contribution in [0.1, 0.15) is 44.9 Å². The van der Waals surface area contributed by atoms with Crippen LogP contribution in [0.15, 0.2) is 0 Å². The zero-order valence-corrected chi connectivity index (χ0v) is 14.4. The second-order valence-corrected chi connectivity index (χ2v) is 8.44. The number of hydrogen-bond acceptors (Lipinski definition) is 4. The molecule has 2 fully saturated rings. The molecule has 0 aromatic carbocycles. The predicted molar refractivity (Wildman–Crippen MR) is 87.1 cm³/mol. The molecule has 1 N–H and O–H groups in total. The highest BCUT2D eigenvalue weighted by Crippen LogP contribution is 2.20. The Morgan fingerprint density at radius 3 is 2.45 bits per heavy atom. The Balaban J connectivity index is 2.01. The van der Waals surface area contributed by atoms with Gasteiger partial charge in [-0.1, -0.05) is 6.42 Å². The first-order valence-electron chi connectivity index (χ1n) is 8.42. The van der Waals surface area contributed by atoms with E-state index in [4.69, 9.17) is 0 Å². The largest absolute Gasteiger partial charge is 0.356 e. The lowest BCUT2D eigenvalue weighted by atomic mass is 9.98. The first-order valence-corrected chi connectivity index (χ1v) is 10.3. The highest BCUT2D eigenvalue weighted by atomic mass is 32.2. The number of sulfonamides is 1. The Labute approximate surface area is 134 Å². The van der Waals surface area contributed by atoms with Crippen LogP contribution < -0.4 is 5.32 Å². The molecule has 2 aliphatic rings. The maximum atomic E-state index is 12.0. The molecule has 0 saturated carbocycles. The zero-order valence-electron chi connectivity index (χ0n) is 13.6. The van der Waals surface area contributed by atoms with Gasteiger partial charge in [-0.2, -0.15) is 0 Å². The summed E-state index contributed by atoms with van der Waals surface area (Å²) in [5, 5.41) is 2.97. The van der Waals surface area contributed by atoms with Gasteiger partial charge < -0.3 is 5.32 Å². The van der Waals surface area contributed by atoms with Gasteiger partial charge in [-0.3, -0.25) is 9.69 Å². The second kappa shape index (κ2) is 8.26. The van der Waals surface area contributed by atoms with Crippen molar-refractivity contribution in [2.45, 2.75) is 51.0 Å². The Kier molecular flexibility index (Phi) is 6.65. The third kappa shape index (κ3) is 5.52. The second-order valence-electron chi connectivity index (χ2n) is 6.46. The predicted octanol–water partition coefficient (Wildman–Crippen LogP) is 0.793. The Bertz CT molecular complexity index is 467. The SMILES string of the molecule is CS(=O)(=O)N1CCCCNC(=O)CC2CCCCN2CCC1. The Morgan fingerprint density at radius 1 is 1.00 bits per heavy atom. The van der Waals surface area contributed by atoms with E-state index in [0.29, 0.717) is 32.1 Å². The van der Waals surface area contributed by atoms with Crippen LogP contribution in [0.5, 0.6) is 0 Å². The van der Waals surface area contributed by atoms with Crippen LogP contribution in [0.3, 0.4) is 0 Å². The lowest BCUT2D eigenvalue weighted by Crippen LogP contribution is -2.43. The summed E-state index contributed by atoms with van der Waals surface area (Å²) in [6.45, 7) is 3.69. The van der Waals surface area contributed by atoms with Crippen LogP contribution in [0.4, 0.5) is 0 Å². The summed E-state index contributed by atoms with van der Waals surface area (Å²) in [5.74, 6) is 0.135. The molecular formula is C15H29N3O3S. The standard InChI is InChI=1S/C15H29N3O3S/c1-22(20,21)18-11-5-3-8-16-15(19)13-14-7-2-4-9-17(14)10-6-12-18/h14H,2-13H2,1H3,(H,16,19). The normalized spacial score (nSPS) is 27.9. The van der Waals surface area contributed by atoms with Gasteiger partial charge in [0.25, 0.3) is 0 Å². The molecule has 2 saturated heterocycles. The summed E-state index contributed by atoms with van der Waals surface area (Å²) in [7, 11) is -3.14. The number of rotatable bonds is 1. The fourth-order valence-corrected chi connectivity index (χ4v) is 4.33. The van der Waals surface area contributed by atoms with Gasteiger partial charge in [-0.05, 0) is 45.2 Å². The number of amides is 1. The maximum absolute atomic E-state index is 12.0. The van der Waals surface area contributed by atoms with Gasteiger partial charge in [0.2, 0.25) is 15.9 Å². The van der Waals surface area contributed by atoms with Crippen LogP contribution in [0.2, 0.25) is 0 Å². The van der Waals surface area contributed by atoms with Crippen LogP contribution in [0.25, 0.3) is 0 Å². The molecule has 0 aliphatic carbocycles. The number of nitrogens with one attached hydrogen (secondary N) is 1. The van der Waals surface area contributed by atoms with Crippen LogP contribution in [0, 0.1) is 0 Å². The van der Waals surface area contributed by atoms with Gasteiger partial charge in [0, 0.05) is 32.1 Å². The van der Waals surface area contributed by atoms with E-state index >= 15 is 0 Å². The van der Waals surface area contributed by atoms with E-state index in [1.54, 1.807) is 4.31 Å². The lowest BCUT2D eigenvalue weighted by molar-refractivity contribution is -0.122. The van der Waals surface area contributed by atoms with Crippen molar-refractivity contribution in [3.8, 4) is 0 Å². The number of nitrogens with zero attached hydrogens (tertiary/aromatic N) is 2. The lowest BCUT2D eigenvalue weighted by Gasteiger charge is -2.35. The van der Waals surface area contributed by atoms with Gasteiger partial charge in [0.15, 0.2) is 0 Å². The average Bonchev–Trinajstić information content (AvgIpc) is 2.46. The van der Waals surface area contributed by atoms with Gasteiger partial charge in [-0.25, -0.2) is 12.7 Å². The number of piperidine rings is 1. The molecule has 7 heteroatoms. The van der Waals surface area contributed by atoms with Crippen molar-refractivity contribution in [2.75, 3.05) is 39.0 Å². The molecule has 1 atom stereocenters. The molecule has 128 valence electrons. The van der Waals surface area contributed by atoms with E-state index in [0.717, 1.165) is 38.8 Å². The van der Waals surface area contributed by atoms with Gasteiger partial charge in [-0.15, -0.1) is 0 Å². The molecule has 6 nitrogen and oxygen atoms in total.